The van der Waals surface area contributed by atoms with Crippen molar-refractivity contribution >= 4 is 11.9 Å². The molecular weight excluding hydrogens is 354 g/mol. The van der Waals surface area contributed by atoms with E-state index in [-0.39, 0.29) is 19.1 Å². The smallest absolute Gasteiger partial charge is 0.325 e. The second-order valence-corrected chi connectivity index (χ2v) is 6.33. The van der Waals surface area contributed by atoms with Crippen LogP contribution in [0.4, 0.5) is 0 Å². The minimum absolute atomic E-state index is 0.182. The van der Waals surface area contributed by atoms with Gasteiger partial charge in [0.05, 0.1) is 24.0 Å². The molecule has 1 amide bonds. The molecule has 6 nitrogen and oxygen atoms in total. The van der Waals surface area contributed by atoms with Crippen LogP contribution in [0.5, 0.6) is 0 Å². The van der Waals surface area contributed by atoms with Crippen LogP contribution in [0.25, 0.3) is 0 Å². The molecular formula is C22H23N3O3. The molecule has 1 heterocycles. The van der Waals surface area contributed by atoms with E-state index < -0.39 is 5.97 Å². The topological polar surface area (TPSA) is 73.2 Å². The van der Waals surface area contributed by atoms with Gasteiger partial charge in [-0.15, -0.1) is 0 Å². The summed E-state index contributed by atoms with van der Waals surface area (Å²) in [6.45, 7) is 2.57. The van der Waals surface area contributed by atoms with Crippen molar-refractivity contribution in [2.24, 2.45) is 0 Å². The standard InChI is InChI=1S/C22H23N3O3/c1-2-20-19(13-24-25(20)15-17-9-5-3-6-10-17)22(27)23-14-21(26)28-16-18-11-7-4-8-12-18/h3-13H,2,14-16H2,1H3,(H,23,27). The van der Waals surface area contributed by atoms with E-state index in [9.17, 15) is 9.59 Å². The number of nitrogens with one attached hydrogen (secondary N) is 1. The molecule has 0 saturated carbocycles. The third-order valence-corrected chi connectivity index (χ3v) is 4.34. The summed E-state index contributed by atoms with van der Waals surface area (Å²) in [5.41, 5.74) is 3.32. The van der Waals surface area contributed by atoms with Gasteiger partial charge in [0.2, 0.25) is 0 Å². The lowest BCUT2D eigenvalue weighted by molar-refractivity contribution is -0.143. The second-order valence-electron chi connectivity index (χ2n) is 6.33. The molecule has 0 aliphatic rings. The Morgan fingerprint density at radius 2 is 1.64 bits per heavy atom. The largest absolute Gasteiger partial charge is 0.460 e. The molecule has 0 unspecified atom stereocenters. The van der Waals surface area contributed by atoms with E-state index in [1.165, 1.54) is 0 Å². The predicted octanol–water partition coefficient (Wildman–Crippen LogP) is 2.97. The number of nitrogens with zero attached hydrogens (tertiary/aromatic N) is 2. The van der Waals surface area contributed by atoms with Gasteiger partial charge in [0.1, 0.15) is 13.2 Å². The summed E-state index contributed by atoms with van der Waals surface area (Å²) >= 11 is 0. The molecule has 2 aromatic carbocycles. The lowest BCUT2D eigenvalue weighted by Crippen LogP contribution is -2.31. The Hall–Kier alpha value is -3.41. The van der Waals surface area contributed by atoms with E-state index in [0.717, 1.165) is 16.8 Å². The maximum Gasteiger partial charge on any atom is 0.325 e. The summed E-state index contributed by atoms with van der Waals surface area (Å²) in [6.07, 6.45) is 2.21. The molecule has 0 aliphatic carbocycles. The van der Waals surface area contributed by atoms with E-state index in [2.05, 4.69) is 10.4 Å². The molecule has 0 saturated heterocycles. The number of esters is 1. The Balaban J connectivity index is 1.56. The maximum atomic E-state index is 12.5. The van der Waals surface area contributed by atoms with Gasteiger partial charge in [-0.25, -0.2) is 0 Å². The number of carbonyl (C=O) groups excluding carboxylic acids is 2. The first kappa shape index (κ1) is 19.4. The molecule has 3 rings (SSSR count). The van der Waals surface area contributed by atoms with E-state index in [4.69, 9.17) is 4.74 Å². The highest BCUT2D eigenvalue weighted by Gasteiger charge is 2.17. The maximum absolute atomic E-state index is 12.5. The number of carbonyl (C=O) groups is 2. The third-order valence-electron chi connectivity index (χ3n) is 4.34. The van der Waals surface area contributed by atoms with E-state index in [1.54, 1.807) is 6.20 Å². The quantitative estimate of drug-likeness (QED) is 0.613. The Kier molecular flexibility index (Phi) is 6.57. The minimum Gasteiger partial charge on any atom is -0.460 e. The van der Waals surface area contributed by atoms with Gasteiger partial charge in [0.15, 0.2) is 0 Å². The second kappa shape index (κ2) is 9.50. The van der Waals surface area contributed by atoms with Crippen LogP contribution in [0.15, 0.2) is 66.9 Å². The van der Waals surface area contributed by atoms with Crippen LogP contribution in [0, 0.1) is 0 Å². The summed E-state index contributed by atoms with van der Waals surface area (Å²) < 4.78 is 7.00. The van der Waals surface area contributed by atoms with Crippen LogP contribution in [0.2, 0.25) is 0 Å². The van der Waals surface area contributed by atoms with Gasteiger partial charge in [-0.05, 0) is 17.5 Å². The van der Waals surface area contributed by atoms with Crippen LogP contribution in [0.3, 0.4) is 0 Å². The molecule has 6 heteroatoms. The first-order valence-corrected chi connectivity index (χ1v) is 9.23. The van der Waals surface area contributed by atoms with Gasteiger partial charge >= 0.3 is 5.97 Å². The van der Waals surface area contributed by atoms with Gasteiger partial charge < -0.3 is 10.1 Å². The van der Waals surface area contributed by atoms with Crippen molar-refractivity contribution in [1.82, 2.24) is 15.1 Å². The lowest BCUT2D eigenvalue weighted by Gasteiger charge is -2.09. The van der Waals surface area contributed by atoms with Gasteiger partial charge in [-0.3, -0.25) is 14.3 Å². The van der Waals surface area contributed by atoms with Crippen LogP contribution in [-0.4, -0.2) is 28.2 Å². The van der Waals surface area contributed by atoms with Crippen molar-refractivity contribution in [1.29, 1.82) is 0 Å². The van der Waals surface area contributed by atoms with Crippen molar-refractivity contribution < 1.29 is 14.3 Å². The van der Waals surface area contributed by atoms with Gasteiger partial charge in [-0.1, -0.05) is 67.6 Å². The zero-order valence-electron chi connectivity index (χ0n) is 15.8. The van der Waals surface area contributed by atoms with E-state index in [1.807, 2.05) is 72.3 Å². The van der Waals surface area contributed by atoms with Gasteiger partial charge in [0, 0.05) is 0 Å². The first-order valence-electron chi connectivity index (χ1n) is 9.23. The molecule has 0 spiro atoms. The molecule has 0 bridgehead atoms. The van der Waals surface area contributed by atoms with Crippen molar-refractivity contribution in [3.05, 3.63) is 89.2 Å². The fourth-order valence-corrected chi connectivity index (χ4v) is 2.90. The molecule has 0 aliphatic heterocycles. The summed E-state index contributed by atoms with van der Waals surface area (Å²) in [5, 5.41) is 6.97. The van der Waals surface area contributed by atoms with Gasteiger partial charge in [0.25, 0.3) is 5.91 Å². The number of benzene rings is 2. The normalized spacial score (nSPS) is 10.5. The molecule has 0 radical (unpaired) electrons. The third kappa shape index (κ3) is 5.07. The molecule has 1 N–H and O–H groups in total. The number of amides is 1. The van der Waals surface area contributed by atoms with Crippen molar-refractivity contribution in [2.45, 2.75) is 26.5 Å². The highest BCUT2D eigenvalue weighted by atomic mass is 16.5. The van der Waals surface area contributed by atoms with Crippen molar-refractivity contribution in [3.63, 3.8) is 0 Å². The first-order chi connectivity index (χ1) is 13.7. The summed E-state index contributed by atoms with van der Waals surface area (Å²) in [5.74, 6) is -0.806. The van der Waals surface area contributed by atoms with Crippen LogP contribution in [-0.2, 0) is 29.1 Å². The van der Waals surface area contributed by atoms with E-state index >= 15 is 0 Å². The van der Waals surface area contributed by atoms with Crippen LogP contribution < -0.4 is 5.32 Å². The van der Waals surface area contributed by atoms with Crippen LogP contribution >= 0.6 is 0 Å². The average Bonchev–Trinajstić information content (AvgIpc) is 3.14. The molecule has 144 valence electrons. The van der Waals surface area contributed by atoms with E-state index in [0.29, 0.717) is 18.5 Å². The number of aromatic nitrogens is 2. The number of hydrogen-bond donors (Lipinski definition) is 1. The average molecular weight is 377 g/mol. The fraction of sp³-hybridized carbons (Fsp3) is 0.227. The zero-order valence-corrected chi connectivity index (χ0v) is 15.8. The fourth-order valence-electron chi connectivity index (χ4n) is 2.90. The lowest BCUT2D eigenvalue weighted by atomic mass is 10.1. The summed E-state index contributed by atoms with van der Waals surface area (Å²) in [7, 11) is 0. The number of ether oxygens (including phenoxy) is 1. The molecule has 0 atom stereocenters. The molecule has 0 fully saturated rings. The summed E-state index contributed by atoms with van der Waals surface area (Å²) in [4.78, 5) is 24.4. The van der Waals surface area contributed by atoms with Crippen LogP contribution in [0.1, 0.15) is 34.1 Å². The number of hydrogen-bond acceptors (Lipinski definition) is 4. The van der Waals surface area contributed by atoms with Crippen molar-refractivity contribution in [3.8, 4) is 0 Å². The Morgan fingerprint density at radius 3 is 2.29 bits per heavy atom. The predicted molar refractivity (Wildman–Crippen MR) is 106 cm³/mol. The Bertz CT molecular complexity index is 921. The van der Waals surface area contributed by atoms with Crippen molar-refractivity contribution in [2.75, 3.05) is 6.54 Å². The van der Waals surface area contributed by atoms with Gasteiger partial charge in [-0.2, -0.15) is 5.10 Å². The molecule has 1 aromatic heterocycles. The molecule has 28 heavy (non-hydrogen) atoms. The highest BCUT2D eigenvalue weighted by molar-refractivity contribution is 5.96. The Morgan fingerprint density at radius 1 is 1.00 bits per heavy atom. The summed E-state index contributed by atoms with van der Waals surface area (Å²) in [6, 6.07) is 19.3. The Labute approximate surface area is 164 Å². The zero-order chi connectivity index (χ0) is 19.8. The number of rotatable bonds is 8. The molecule has 3 aromatic rings. The monoisotopic (exact) mass is 377 g/mol. The minimum atomic E-state index is -0.480. The SMILES string of the molecule is CCc1c(C(=O)NCC(=O)OCc2ccccc2)cnn1Cc1ccccc1. The highest BCUT2D eigenvalue weighted by Crippen LogP contribution is 2.12.